The lowest BCUT2D eigenvalue weighted by molar-refractivity contribution is -0.166. The zero-order valence-electron chi connectivity index (χ0n) is 41.8. The van der Waals surface area contributed by atoms with Crippen LogP contribution in [0.4, 0.5) is 0 Å². The van der Waals surface area contributed by atoms with Gasteiger partial charge in [-0.1, -0.05) is 234 Å². The summed E-state index contributed by atoms with van der Waals surface area (Å²) < 4.78 is 16.7. The fourth-order valence-corrected chi connectivity index (χ4v) is 7.19. The molecule has 1 unspecified atom stereocenters. The maximum absolute atomic E-state index is 12.7. The molecule has 0 aromatic carbocycles. The van der Waals surface area contributed by atoms with E-state index in [0.717, 1.165) is 77.0 Å². The molecule has 0 bridgehead atoms. The number of hydrogen-bond acceptors (Lipinski definition) is 6. The molecule has 1 atom stereocenters. The van der Waals surface area contributed by atoms with Gasteiger partial charge in [-0.15, -0.1) is 0 Å². The van der Waals surface area contributed by atoms with E-state index in [4.69, 9.17) is 14.2 Å². The van der Waals surface area contributed by atoms with Crippen molar-refractivity contribution in [3.05, 3.63) is 85.1 Å². The molecule has 0 saturated heterocycles. The van der Waals surface area contributed by atoms with Crippen LogP contribution in [0.1, 0.15) is 245 Å². The van der Waals surface area contributed by atoms with Gasteiger partial charge in [-0.3, -0.25) is 14.4 Å². The molecule has 6 heteroatoms. The number of unbranched alkanes of at least 4 members (excludes halogenated alkanes) is 23. The Morgan fingerprint density at radius 1 is 0.344 bits per heavy atom. The van der Waals surface area contributed by atoms with Gasteiger partial charge in [-0.2, -0.15) is 0 Å². The molecular weight excluding hydrogens is 793 g/mol. The summed E-state index contributed by atoms with van der Waals surface area (Å²) in [7, 11) is 0. The van der Waals surface area contributed by atoms with Gasteiger partial charge >= 0.3 is 17.9 Å². The summed E-state index contributed by atoms with van der Waals surface area (Å²) in [5, 5.41) is 0. The third-order valence-electron chi connectivity index (χ3n) is 11.2. The van der Waals surface area contributed by atoms with E-state index in [1.165, 1.54) is 128 Å². The molecule has 0 aromatic heterocycles. The highest BCUT2D eigenvalue weighted by atomic mass is 16.6. The fraction of sp³-hybridized carbons (Fsp3) is 0.707. The Balaban J connectivity index is 4.46. The molecule has 0 aromatic rings. The number of carbonyl (C=O) groups is 3. The highest BCUT2D eigenvalue weighted by molar-refractivity contribution is 5.72. The van der Waals surface area contributed by atoms with Crippen LogP contribution < -0.4 is 0 Å². The Kier molecular flexibility index (Phi) is 49.4. The van der Waals surface area contributed by atoms with Crippen molar-refractivity contribution in [3.8, 4) is 0 Å². The lowest BCUT2D eigenvalue weighted by atomic mass is 10.0. The van der Waals surface area contributed by atoms with Crippen LogP contribution in [0.2, 0.25) is 0 Å². The summed E-state index contributed by atoms with van der Waals surface area (Å²) in [6.07, 6.45) is 67.3. The van der Waals surface area contributed by atoms with Gasteiger partial charge in [0.2, 0.25) is 0 Å². The molecule has 0 aliphatic heterocycles. The highest BCUT2D eigenvalue weighted by Gasteiger charge is 2.19. The second-order valence-corrected chi connectivity index (χ2v) is 17.4. The van der Waals surface area contributed by atoms with Crippen molar-refractivity contribution < 1.29 is 28.6 Å². The Bertz CT molecular complexity index is 1250. The second kappa shape index (κ2) is 52.2. The number of hydrogen-bond donors (Lipinski definition) is 0. The van der Waals surface area contributed by atoms with Crippen LogP contribution >= 0.6 is 0 Å². The number of carbonyl (C=O) groups excluding carboxylic acids is 3. The van der Waals surface area contributed by atoms with Crippen molar-refractivity contribution in [1.82, 2.24) is 0 Å². The van der Waals surface area contributed by atoms with Crippen LogP contribution in [0, 0.1) is 0 Å². The quantitative estimate of drug-likeness (QED) is 0.0262. The standard InChI is InChI=1S/C58H98O6/c1-4-7-10-13-16-19-22-25-27-28-29-30-32-33-36-39-42-45-48-51-57(60)63-54-55(53-62-56(59)50-47-44-41-38-35-24-21-18-15-12-9-6-3)64-58(61)52-49-46-43-40-37-34-31-26-23-20-17-14-11-8-5-2/h8,11,16-17,19-20,25-27,31,37,40,46,49,55H,4-7,9-10,12-15,18,21-24,28-30,32-36,38-39,41-45,47-48,50-54H2,1-3H3/b11-8-,19-16-,20-17-,27-25-,31-26-,40-37-,49-46-. The maximum atomic E-state index is 12.7. The van der Waals surface area contributed by atoms with Crippen molar-refractivity contribution in [2.24, 2.45) is 0 Å². The fourth-order valence-electron chi connectivity index (χ4n) is 7.19. The van der Waals surface area contributed by atoms with Crippen LogP contribution in [0.5, 0.6) is 0 Å². The summed E-state index contributed by atoms with van der Waals surface area (Å²) in [6.45, 7) is 6.41. The minimum atomic E-state index is -0.830. The van der Waals surface area contributed by atoms with E-state index in [1.807, 2.05) is 6.08 Å². The number of ether oxygens (including phenoxy) is 3. The molecule has 0 fully saturated rings. The Morgan fingerprint density at radius 2 is 0.656 bits per heavy atom. The molecule has 0 rings (SSSR count). The van der Waals surface area contributed by atoms with Crippen molar-refractivity contribution in [3.63, 3.8) is 0 Å². The normalized spacial score (nSPS) is 12.7. The largest absolute Gasteiger partial charge is 0.462 e. The van der Waals surface area contributed by atoms with Crippen LogP contribution in [-0.4, -0.2) is 37.2 Å². The van der Waals surface area contributed by atoms with E-state index < -0.39 is 12.1 Å². The monoisotopic (exact) mass is 891 g/mol. The molecular formula is C58H98O6. The molecule has 366 valence electrons. The highest BCUT2D eigenvalue weighted by Crippen LogP contribution is 2.15. The van der Waals surface area contributed by atoms with Crippen LogP contribution in [0.15, 0.2) is 85.1 Å². The molecule has 6 nitrogen and oxygen atoms in total. The SMILES string of the molecule is CC/C=C\C/C=C\C/C=C\C/C=C\C/C=C\CC(=O)OC(COC(=O)CCCCCCCCCCC/C=C\C/C=C\CCCCC)COC(=O)CCCCCCCCCCCCCC. The molecule has 0 saturated carbocycles. The molecule has 0 radical (unpaired) electrons. The third-order valence-corrected chi connectivity index (χ3v) is 11.2. The zero-order valence-corrected chi connectivity index (χ0v) is 41.8. The van der Waals surface area contributed by atoms with E-state index in [0.29, 0.717) is 12.8 Å². The number of allylic oxidation sites excluding steroid dienone is 13. The molecule has 0 aliphatic rings. The lowest BCUT2D eigenvalue weighted by Crippen LogP contribution is -2.30. The van der Waals surface area contributed by atoms with E-state index in [-0.39, 0.29) is 31.6 Å². The van der Waals surface area contributed by atoms with Crippen molar-refractivity contribution >= 4 is 17.9 Å². The Labute approximate surface area is 395 Å². The zero-order chi connectivity index (χ0) is 46.5. The molecule has 0 N–H and O–H groups in total. The first-order chi connectivity index (χ1) is 31.5. The minimum Gasteiger partial charge on any atom is -0.462 e. The summed E-state index contributed by atoms with van der Waals surface area (Å²) in [5.74, 6) is -1.05. The van der Waals surface area contributed by atoms with E-state index in [2.05, 4.69) is 93.7 Å². The van der Waals surface area contributed by atoms with Gasteiger partial charge in [0.15, 0.2) is 6.10 Å². The summed E-state index contributed by atoms with van der Waals surface area (Å²) in [4.78, 5) is 37.9. The Morgan fingerprint density at radius 3 is 1.06 bits per heavy atom. The van der Waals surface area contributed by atoms with Crippen molar-refractivity contribution in [2.75, 3.05) is 13.2 Å². The number of esters is 3. The first kappa shape index (κ1) is 60.6. The first-order valence-corrected chi connectivity index (χ1v) is 26.6. The van der Waals surface area contributed by atoms with Gasteiger partial charge in [-0.25, -0.2) is 0 Å². The van der Waals surface area contributed by atoms with Crippen molar-refractivity contribution in [1.29, 1.82) is 0 Å². The Hall–Kier alpha value is -3.41. The van der Waals surface area contributed by atoms with Gasteiger partial charge in [0.05, 0.1) is 6.42 Å². The van der Waals surface area contributed by atoms with E-state index in [9.17, 15) is 14.4 Å². The number of rotatable bonds is 47. The lowest BCUT2D eigenvalue weighted by Gasteiger charge is -2.18. The molecule has 0 amide bonds. The summed E-state index contributed by atoms with van der Waals surface area (Å²) >= 11 is 0. The molecule has 0 aliphatic carbocycles. The van der Waals surface area contributed by atoms with Gasteiger partial charge in [-0.05, 0) is 77.0 Å². The average molecular weight is 891 g/mol. The van der Waals surface area contributed by atoms with Gasteiger partial charge in [0.25, 0.3) is 0 Å². The predicted molar refractivity (Wildman–Crippen MR) is 274 cm³/mol. The topological polar surface area (TPSA) is 78.9 Å². The maximum Gasteiger partial charge on any atom is 0.310 e. The molecule has 0 spiro atoms. The molecule has 64 heavy (non-hydrogen) atoms. The van der Waals surface area contributed by atoms with Gasteiger partial charge in [0, 0.05) is 12.8 Å². The van der Waals surface area contributed by atoms with Gasteiger partial charge < -0.3 is 14.2 Å². The van der Waals surface area contributed by atoms with Crippen LogP contribution in [-0.2, 0) is 28.6 Å². The molecule has 0 heterocycles. The van der Waals surface area contributed by atoms with E-state index >= 15 is 0 Å². The average Bonchev–Trinajstić information content (AvgIpc) is 3.29. The van der Waals surface area contributed by atoms with Crippen LogP contribution in [0.3, 0.4) is 0 Å². The van der Waals surface area contributed by atoms with Gasteiger partial charge in [0.1, 0.15) is 13.2 Å². The van der Waals surface area contributed by atoms with Crippen molar-refractivity contribution in [2.45, 2.75) is 252 Å². The minimum absolute atomic E-state index is 0.0967. The second-order valence-electron chi connectivity index (χ2n) is 17.4. The van der Waals surface area contributed by atoms with E-state index in [1.54, 1.807) is 6.08 Å². The smallest absolute Gasteiger partial charge is 0.310 e. The third kappa shape index (κ3) is 49.6. The predicted octanol–water partition coefficient (Wildman–Crippen LogP) is 17.6. The summed E-state index contributed by atoms with van der Waals surface area (Å²) in [6, 6.07) is 0. The first-order valence-electron chi connectivity index (χ1n) is 26.6. The summed E-state index contributed by atoms with van der Waals surface area (Å²) in [5.41, 5.74) is 0. The van der Waals surface area contributed by atoms with Crippen LogP contribution in [0.25, 0.3) is 0 Å².